The van der Waals surface area contributed by atoms with Crippen LogP contribution >= 0.6 is 15.9 Å². The van der Waals surface area contributed by atoms with E-state index < -0.39 is 0 Å². The van der Waals surface area contributed by atoms with Gasteiger partial charge in [0.15, 0.2) is 0 Å². The maximum absolute atomic E-state index is 13.0. The van der Waals surface area contributed by atoms with Gasteiger partial charge < -0.3 is 15.4 Å². The Labute approximate surface area is 114 Å². The van der Waals surface area contributed by atoms with Crippen molar-refractivity contribution in [3.05, 3.63) is 34.1 Å². The zero-order valence-electron chi connectivity index (χ0n) is 10.3. The fraction of sp³-hybridized carbons (Fsp3) is 0.417. The van der Waals surface area contributed by atoms with Crippen LogP contribution in [0.2, 0.25) is 0 Å². The Morgan fingerprint density at radius 1 is 1.50 bits per heavy atom. The van der Waals surface area contributed by atoms with Crippen LogP contribution in [0.4, 0.5) is 9.18 Å². The molecule has 1 aromatic carbocycles. The average molecular weight is 319 g/mol. The van der Waals surface area contributed by atoms with Crippen LogP contribution in [0.25, 0.3) is 0 Å². The van der Waals surface area contributed by atoms with E-state index >= 15 is 0 Å². The maximum atomic E-state index is 13.0. The van der Waals surface area contributed by atoms with Crippen molar-refractivity contribution < 1.29 is 13.9 Å². The lowest BCUT2D eigenvalue weighted by Gasteiger charge is -2.12. The molecule has 0 spiro atoms. The molecule has 18 heavy (non-hydrogen) atoms. The first kappa shape index (κ1) is 14.9. The predicted octanol–water partition coefficient (Wildman–Crippen LogP) is 2.42. The molecule has 0 aliphatic carbocycles. The molecule has 0 unspecified atom stereocenters. The highest BCUT2D eigenvalue weighted by Crippen LogP contribution is 2.17. The van der Waals surface area contributed by atoms with E-state index in [1.165, 1.54) is 12.1 Å². The standard InChI is InChI=1S/C12H16BrFN2O2/c1-8(18-2)6-15-12(17)16-7-9-5-10(14)3-4-11(9)13/h3-5,8H,6-7H2,1-2H3,(H2,15,16,17)/t8-/m1/s1. The molecular formula is C12H16BrFN2O2. The van der Waals surface area contributed by atoms with Gasteiger partial charge in [-0.2, -0.15) is 0 Å². The summed E-state index contributed by atoms with van der Waals surface area (Å²) in [5.74, 6) is -0.330. The van der Waals surface area contributed by atoms with E-state index in [1.54, 1.807) is 13.2 Å². The molecule has 0 aliphatic rings. The summed E-state index contributed by atoms with van der Waals surface area (Å²) in [5.41, 5.74) is 0.685. The molecule has 2 amide bonds. The van der Waals surface area contributed by atoms with Crippen LogP contribution in [0.1, 0.15) is 12.5 Å². The van der Waals surface area contributed by atoms with E-state index in [9.17, 15) is 9.18 Å². The number of hydrogen-bond acceptors (Lipinski definition) is 2. The minimum Gasteiger partial charge on any atom is -0.380 e. The molecule has 0 fully saturated rings. The molecule has 0 aliphatic heterocycles. The lowest BCUT2D eigenvalue weighted by Crippen LogP contribution is -2.39. The van der Waals surface area contributed by atoms with E-state index in [-0.39, 0.29) is 24.5 Å². The van der Waals surface area contributed by atoms with E-state index in [4.69, 9.17) is 4.74 Å². The van der Waals surface area contributed by atoms with Gasteiger partial charge in [0.1, 0.15) is 5.82 Å². The third-order valence-electron chi connectivity index (χ3n) is 2.40. The summed E-state index contributed by atoms with van der Waals surface area (Å²) in [5, 5.41) is 5.30. The van der Waals surface area contributed by atoms with Gasteiger partial charge in [-0.15, -0.1) is 0 Å². The number of carbonyl (C=O) groups is 1. The summed E-state index contributed by atoms with van der Waals surface area (Å²) in [6.45, 7) is 2.53. The first-order valence-electron chi connectivity index (χ1n) is 5.51. The van der Waals surface area contributed by atoms with Gasteiger partial charge in [-0.3, -0.25) is 0 Å². The van der Waals surface area contributed by atoms with Crippen LogP contribution in [0.15, 0.2) is 22.7 Å². The number of urea groups is 1. The molecule has 0 bridgehead atoms. The maximum Gasteiger partial charge on any atom is 0.315 e. The Morgan fingerprint density at radius 3 is 2.89 bits per heavy atom. The second-order valence-corrected chi connectivity index (χ2v) is 4.70. The minimum absolute atomic E-state index is 0.0448. The number of rotatable bonds is 5. The van der Waals surface area contributed by atoms with Crippen molar-refractivity contribution in [1.82, 2.24) is 10.6 Å². The van der Waals surface area contributed by atoms with Crippen LogP contribution in [0.3, 0.4) is 0 Å². The van der Waals surface area contributed by atoms with E-state index in [0.29, 0.717) is 12.1 Å². The zero-order chi connectivity index (χ0) is 13.5. The van der Waals surface area contributed by atoms with E-state index in [0.717, 1.165) is 4.47 Å². The van der Waals surface area contributed by atoms with Crippen molar-refractivity contribution in [2.24, 2.45) is 0 Å². The van der Waals surface area contributed by atoms with Gasteiger partial charge in [0, 0.05) is 24.7 Å². The number of halogens is 2. The van der Waals surface area contributed by atoms with Gasteiger partial charge in [-0.25, -0.2) is 9.18 Å². The van der Waals surface area contributed by atoms with Crippen LogP contribution in [0, 0.1) is 5.82 Å². The smallest absolute Gasteiger partial charge is 0.315 e. The first-order valence-corrected chi connectivity index (χ1v) is 6.30. The summed E-state index contributed by atoms with van der Waals surface area (Å²) in [4.78, 5) is 11.4. The van der Waals surface area contributed by atoms with Gasteiger partial charge in [0.25, 0.3) is 0 Å². The Kier molecular flexibility index (Phi) is 6.07. The van der Waals surface area contributed by atoms with Gasteiger partial charge in [0.05, 0.1) is 6.10 Å². The molecule has 1 aromatic rings. The van der Waals surface area contributed by atoms with Gasteiger partial charge in [-0.1, -0.05) is 15.9 Å². The Hall–Kier alpha value is -1.14. The zero-order valence-corrected chi connectivity index (χ0v) is 11.9. The second kappa shape index (κ2) is 7.33. The SMILES string of the molecule is CO[C@H](C)CNC(=O)NCc1cc(F)ccc1Br. The third kappa shape index (κ3) is 5.01. The van der Waals surface area contributed by atoms with Gasteiger partial charge in [0.2, 0.25) is 0 Å². The number of hydrogen-bond donors (Lipinski definition) is 2. The lowest BCUT2D eigenvalue weighted by molar-refractivity contribution is 0.118. The van der Waals surface area contributed by atoms with E-state index in [1.807, 2.05) is 6.92 Å². The summed E-state index contributed by atoms with van der Waals surface area (Å²) in [6, 6.07) is 4.03. The number of ether oxygens (including phenoxy) is 1. The Morgan fingerprint density at radius 2 is 2.22 bits per heavy atom. The Balaban J connectivity index is 2.40. The summed E-state index contributed by atoms with van der Waals surface area (Å²) in [7, 11) is 1.58. The van der Waals surface area contributed by atoms with Gasteiger partial charge in [-0.05, 0) is 30.7 Å². The number of carbonyl (C=O) groups excluding carboxylic acids is 1. The summed E-state index contributed by atoms with van der Waals surface area (Å²) in [6.07, 6.45) is -0.0448. The monoisotopic (exact) mass is 318 g/mol. The highest BCUT2D eigenvalue weighted by molar-refractivity contribution is 9.10. The molecule has 4 nitrogen and oxygen atoms in total. The van der Waals surface area contributed by atoms with Crippen LogP contribution < -0.4 is 10.6 Å². The molecule has 6 heteroatoms. The molecule has 0 saturated carbocycles. The minimum atomic E-state index is -0.330. The molecule has 0 aromatic heterocycles. The van der Waals surface area contributed by atoms with E-state index in [2.05, 4.69) is 26.6 Å². The van der Waals surface area contributed by atoms with Crippen LogP contribution in [0.5, 0.6) is 0 Å². The molecule has 1 atom stereocenters. The second-order valence-electron chi connectivity index (χ2n) is 3.85. The van der Waals surface area contributed by atoms with Crippen molar-refractivity contribution in [2.45, 2.75) is 19.6 Å². The quantitative estimate of drug-likeness (QED) is 0.876. The Bertz CT molecular complexity index is 415. The molecule has 0 radical (unpaired) electrons. The number of methoxy groups -OCH3 is 1. The highest BCUT2D eigenvalue weighted by Gasteiger charge is 2.06. The normalized spacial score (nSPS) is 12.0. The van der Waals surface area contributed by atoms with Crippen molar-refractivity contribution in [3.63, 3.8) is 0 Å². The number of nitrogens with one attached hydrogen (secondary N) is 2. The van der Waals surface area contributed by atoms with Crippen LogP contribution in [-0.2, 0) is 11.3 Å². The van der Waals surface area contributed by atoms with Crippen molar-refractivity contribution in [2.75, 3.05) is 13.7 Å². The number of amides is 2. The van der Waals surface area contributed by atoms with Crippen molar-refractivity contribution in [1.29, 1.82) is 0 Å². The average Bonchev–Trinajstić information content (AvgIpc) is 2.36. The topological polar surface area (TPSA) is 50.4 Å². The highest BCUT2D eigenvalue weighted by atomic mass is 79.9. The van der Waals surface area contributed by atoms with Crippen molar-refractivity contribution in [3.8, 4) is 0 Å². The molecule has 1 rings (SSSR count). The third-order valence-corrected chi connectivity index (χ3v) is 3.17. The lowest BCUT2D eigenvalue weighted by atomic mass is 10.2. The molecular weight excluding hydrogens is 303 g/mol. The van der Waals surface area contributed by atoms with Crippen LogP contribution in [-0.4, -0.2) is 25.8 Å². The summed E-state index contributed by atoms with van der Waals surface area (Å²) >= 11 is 3.30. The molecule has 0 heterocycles. The molecule has 2 N–H and O–H groups in total. The predicted molar refractivity (Wildman–Crippen MR) is 70.8 cm³/mol. The fourth-order valence-electron chi connectivity index (χ4n) is 1.24. The summed E-state index contributed by atoms with van der Waals surface area (Å²) < 4.78 is 18.8. The largest absolute Gasteiger partial charge is 0.380 e. The molecule has 0 saturated heterocycles. The van der Waals surface area contributed by atoms with Gasteiger partial charge >= 0.3 is 6.03 Å². The molecule has 100 valence electrons. The first-order chi connectivity index (χ1) is 8.52. The number of benzene rings is 1. The van der Waals surface area contributed by atoms with Crippen molar-refractivity contribution >= 4 is 22.0 Å². The fourth-order valence-corrected chi connectivity index (χ4v) is 1.62.